The lowest BCUT2D eigenvalue weighted by Crippen LogP contribution is -2.33. The molecule has 0 radical (unpaired) electrons. The van der Waals surface area contributed by atoms with E-state index in [0.29, 0.717) is 34.5 Å². The van der Waals surface area contributed by atoms with E-state index in [1.54, 1.807) is 65.6 Å². The number of anilines is 2. The maximum atomic E-state index is 13.3. The summed E-state index contributed by atoms with van der Waals surface area (Å²) < 4.78 is 0. The van der Waals surface area contributed by atoms with Gasteiger partial charge in [-0.15, -0.1) is 0 Å². The van der Waals surface area contributed by atoms with Crippen molar-refractivity contribution >= 4 is 34.8 Å². The maximum Gasteiger partial charge on any atom is 0.256 e. The third-order valence-electron chi connectivity index (χ3n) is 5.98. The van der Waals surface area contributed by atoms with Gasteiger partial charge >= 0.3 is 0 Å². The number of hydrogen-bond donors (Lipinski definition) is 2. The van der Waals surface area contributed by atoms with E-state index in [2.05, 4.69) is 10.6 Å². The summed E-state index contributed by atoms with van der Waals surface area (Å²) in [6.45, 7) is 5.52. The van der Waals surface area contributed by atoms with Crippen LogP contribution in [-0.2, 0) is 0 Å². The minimum Gasteiger partial charge on any atom is -0.361 e. The molecule has 0 fully saturated rings. The van der Waals surface area contributed by atoms with Gasteiger partial charge in [0, 0.05) is 45.7 Å². The second kappa shape index (κ2) is 9.93. The van der Waals surface area contributed by atoms with Crippen LogP contribution in [0.4, 0.5) is 11.4 Å². The van der Waals surface area contributed by atoms with Gasteiger partial charge in [-0.2, -0.15) is 0 Å². The number of nitrogens with zero attached hydrogens (tertiary/aromatic N) is 1. The first-order chi connectivity index (χ1) is 16.8. The fourth-order valence-electron chi connectivity index (χ4n) is 4.19. The fourth-order valence-corrected chi connectivity index (χ4v) is 4.19. The molecule has 7 heteroatoms. The molecule has 3 aromatic carbocycles. The van der Waals surface area contributed by atoms with Crippen LogP contribution in [0.15, 0.2) is 66.7 Å². The van der Waals surface area contributed by atoms with Gasteiger partial charge in [0.05, 0.1) is 0 Å². The number of carbonyl (C=O) groups is 4. The van der Waals surface area contributed by atoms with Crippen LogP contribution < -0.4 is 10.6 Å². The van der Waals surface area contributed by atoms with Crippen LogP contribution in [-0.4, -0.2) is 34.8 Å². The molecule has 35 heavy (non-hydrogen) atoms. The third-order valence-corrected chi connectivity index (χ3v) is 5.98. The van der Waals surface area contributed by atoms with Crippen molar-refractivity contribution in [3.8, 4) is 0 Å². The molecule has 2 N–H and O–H groups in total. The number of benzene rings is 3. The summed E-state index contributed by atoms with van der Waals surface area (Å²) in [5.41, 5.74) is 3.91. The second-order valence-corrected chi connectivity index (χ2v) is 8.58. The number of Topliss-reactive ketones (excluding diaryl/α,β-unsaturated/α-hetero) is 2. The number of ketones is 2. The van der Waals surface area contributed by atoms with Crippen LogP contribution in [0, 0.1) is 0 Å². The van der Waals surface area contributed by atoms with Gasteiger partial charge in [-0.3, -0.25) is 19.2 Å². The summed E-state index contributed by atoms with van der Waals surface area (Å²) in [5.74, 6) is -0.650. The molecular weight excluding hydrogens is 442 g/mol. The van der Waals surface area contributed by atoms with E-state index in [9.17, 15) is 19.2 Å². The van der Waals surface area contributed by atoms with Gasteiger partial charge in [-0.05, 0) is 56.7 Å². The molecular formula is C28H27N3O4. The largest absolute Gasteiger partial charge is 0.361 e. The maximum absolute atomic E-state index is 13.3. The molecule has 7 nitrogen and oxygen atoms in total. The van der Waals surface area contributed by atoms with Gasteiger partial charge in [-0.25, -0.2) is 0 Å². The molecule has 0 bridgehead atoms. The molecule has 4 rings (SSSR count). The zero-order valence-corrected chi connectivity index (χ0v) is 19.9. The van der Waals surface area contributed by atoms with E-state index < -0.39 is 6.17 Å². The van der Waals surface area contributed by atoms with E-state index >= 15 is 0 Å². The number of amides is 2. The smallest absolute Gasteiger partial charge is 0.256 e. The monoisotopic (exact) mass is 469 g/mol. The Balaban J connectivity index is 1.62. The number of rotatable bonds is 8. The Morgan fingerprint density at radius 1 is 0.829 bits per heavy atom. The Morgan fingerprint density at radius 2 is 1.46 bits per heavy atom. The highest BCUT2D eigenvalue weighted by atomic mass is 16.2. The topological polar surface area (TPSA) is 95.6 Å². The fraction of sp³-hybridized carbons (Fsp3) is 0.214. The summed E-state index contributed by atoms with van der Waals surface area (Å²) in [7, 11) is 0. The van der Waals surface area contributed by atoms with Crippen molar-refractivity contribution < 1.29 is 19.2 Å². The predicted molar refractivity (Wildman–Crippen MR) is 135 cm³/mol. The number of nitrogens with one attached hydrogen (secondary N) is 2. The molecule has 0 saturated heterocycles. The van der Waals surface area contributed by atoms with Crippen molar-refractivity contribution in [3.05, 3.63) is 94.5 Å². The summed E-state index contributed by atoms with van der Waals surface area (Å²) >= 11 is 0. The lowest BCUT2D eigenvalue weighted by Gasteiger charge is -2.27. The van der Waals surface area contributed by atoms with Crippen LogP contribution in [0.25, 0.3) is 0 Å². The zero-order valence-electron chi connectivity index (χ0n) is 19.9. The quantitative estimate of drug-likeness (QED) is 0.435. The Labute approximate surface area is 204 Å². The molecule has 178 valence electrons. The van der Waals surface area contributed by atoms with Crippen LogP contribution in [0.1, 0.15) is 80.4 Å². The molecule has 1 aliphatic rings. The van der Waals surface area contributed by atoms with Crippen molar-refractivity contribution in [2.24, 2.45) is 0 Å². The standard InChI is InChI=1S/C28H27N3O4/c1-4-13-31-26(29-22-9-5-7-19(14-22)17(2)32)24-12-11-21(16-25(24)28(31)35)27(34)30-23-10-6-8-20(15-23)18(3)33/h5-12,14-16,26,29H,4,13H2,1-3H3,(H,30,34)/t26-/m0/s1. The van der Waals surface area contributed by atoms with E-state index in [1.807, 2.05) is 13.0 Å². The van der Waals surface area contributed by atoms with Gasteiger partial charge in [-0.1, -0.05) is 37.3 Å². The lowest BCUT2D eigenvalue weighted by molar-refractivity contribution is 0.0742. The molecule has 0 aliphatic carbocycles. The van der Waals surface area contributed by atoms with E-state index in [-0.39, 0.29) is 23.4 Å². The average molecular weight is 470 g/mol. The van der Waals surface area contributed by atoms with Gasteiger partial charge in [0.25, 0.3) is 11.8 Å². The molecule has 0 unspecified atom stereocenters. The van der Waals surface area contributed by atoms with Crippen LogP contribution >= 0.6 is 0 Å². The molecule has 0 aromatic heterocycles. The molecule has 3 aromatic rings. The summed E-state index contributed by atoms with van der Waals surface area (Å²) in [4.78, 5) is 51.4. The molecule has 1 atom stereocenters. The van der Waals surface area contributed by atoms with Crippen molar-refractivity contribution in [2.75, 3.05) is 17.2 Å². The van der Waals surface area contributed by atoms with Gasteiger partial charge in [0.15, 0.2) is 11.6 Å². The molecule has 0 saturated carbocycles. The first-order valence-electron chi connectivity index (χ1n) is 11.5. The van der Waals surface area contributed by atoms with Crippen LogP contribution in [0.2, 0.25) is 0 Å². The Hall–Kier alpha value is -4.26. The number of fused-ring (bicyclic) bond motifs is 1. The van der Waals surface area contributed by atoms with Gasteiger partial charge in [0.1, 0.15) is 6.17 Å². The van der Waals surface area contributed by atoms with Gasteiger partial charge < -0.3 is 15.5 Å². The summed E-state index contributed by atoms with van der Waals surface area (Å²) in [6, 6.07) is 19.0. The van der Waals surface area contributed by atoms with Crippen LogP contribution in [0.5, 0.6) is 0 Å². The number of hydrogen-bond acceptors (Lipinski definition) is 5. The number of carbonyl (C=O) groups excluding carboxylic acids is 4. The van der Waals surface area contributed by atoms with Crippen molar-refractivity contribution in [1.82, 2.24) is 4.90 Å². The molecule has 1 heterocycles. The molecule has 1 aliphatic heterocycles. The first kappa shape index (κ1) is 23.9. The Morgan fingerprint density at radius 3 is 2.09 bits per heavy atom. The normalized spacial score (nSPS) is 14.4. The van der Waals surface area contributed by atoms with Gasteiger partial charge in [0.2, 0.25) is 0 Å². The SMILES string of the molecule is CCCN1C(=O)c2cc(C(=O)Nc3cccc(C(C)=O)c3)ccc2[C@H]1Nc1cccc(C(C)=O)c1. The summed E-state index contributed by atoms with van der Waals surface area (Å²) in [6.07, 6.45) is 0.356. The van der Waals surface area contributed by atoms with Crippen molar-refractivity contribution in [1.29, 1.82) is 0 Å². The Bertz CT molecular complexity index is 1330. The van der Waals surface area contributed by atoms with Crippen molar-refractivity contribution in [3.63, 3.8) is 0 Å². The van der Waals surface area contributed by atoms with Crippen molar-refractivity contribution in [2.45, 2.75) is 33.4 Å². The zero-order chi connectivity index (χ0) is 25.1. The predicted octanol–water partition coefficient (Wildman–Crippen LogP) is 5.32. The highest BCUT2D eigenvalue weighted by molar-refractivity contribution is 6.08. The van der Waals surface area contributed by atoms with Crippen LogP contribution in [0.3, 0.4) is 0 Å². The Kier molecular flexibility index (Phi) is 6.78. The minimum atomic E-state index is -0.413. The molecule has 2 amide bonds. The first-order valence-corrected chi connectivity index (χ1v) is 11.5. The molecule has 0 spiro atoms. The summed E-state index contributed by atoms with van der Waals surface area (Å²) in [5, 5.41) is 6.18. The van der Waals surface area contributed by atoms with E-state index in [0.717, 1.165) is 17.7 Å². The van der Waals surface area contributed by atoms with E-state index in [1.165, 1.54) is 13.8 Å². The van der Waals surface area contributed by atoms with E-state index in [4.69, 9.17) is 0 Å². The minimum absolute atomic E-state index is 0.0357. The third kappa shape index (κ3) is 4.99. The lowest BCUT2D eigenvalue weighted by atomic mass is 10.0. The average Bonchev–Trinajstić information content (AvgIpc) is 3.10. The highest BCUT2D eigenvalue weighted by Gasteiger charge is 2.36. The second-order valence-electron chi connectivity index (χ2n) is 8.58. The highest BCUT2D eigenvalue weighted by Crippen LogP contribution is 2.35.